The summed E-state index contributed by atoms with van der Waals surface area (Å²) in [6.45, 7) is 3.74. The molecule has 2 aromatic rings. The zero-order valence-electron chi connectivity index (χ0n) is 13.7. The molecule has 0 aliphatic carbocycles. The van der Waals surface area contributed by atoms with Crippen LogP contribution in [0.25, 0.3) is 0 Å². The normalized spacial score (nSPS) is 12.1. The van der Waals surface area contributed by atoms with E-state index in [2.05, 4.69) is 15.3 Å². The molecule has 5 N–H and O–H groups in total. The van der Waals surface area contributed by atoms with E-state index in [0.717, 1.165) is 12.1 Å². The van der Waals surface area contributed by atoms with Crippen molar-refractivity contribution in [1.29, 1.82) is 0 Å². The van der Waals surface area contributed by atoms with Crippen LogP contribution in [0.15, 0.2) is 30.5 Å². The zero-order valence-corrected chi connectivity index (χ0v) is 13.7. The third-order valence-corrected chi connectivity index (χ3v) is 3.22. The third-order valence-electron chi connectivity index (χ3n) is 3.22. The summed E-state index contributed by atoms with van der Waals surface area (Å²) < 4.78 is 39.8. The van der Waals surface area contributed by atoms with Crippen LogP contribution in [0.4, 0.5) is 24.8 Å². The van der Waals surface area contributed by atoms with E-state index >= 15 is 0 Å². The lowest BCUT2D eigenvalue weighted by atomic mass is 10.0. The molecule has 0 radical (unpaired) electrons. The van der Waals surface area contributed by atoms with Gasteiger partial charge >= 0.3 is 6.18 Å². The smallest absolute Gasteiger partial charge is 0.383 e. The van der Waals surface area contributed by atoms with Crippen LogP contribution in [-0.2, 0) is 6.18 Å². The van der Waals surface area contributed by atoms with Crippen LogP contribution in [0, 0.1) is 0 Å². The minimum absolute atomic E-state index is 0.109. The number of pyridine rings is 2. The van der Waals surface area contributed by atoms with Gasteiger partial charge in [0.05, 0.1) is 11.1 Å². The van der Waals surface area contributed by atoms with E-state index in [0.29, 0.717) is 0 Å². The van der Waals surface area contributed by atoms with Gasteiger partial charge in [0.2, 0.25) is 5.78 Å². The maximum absolute atomic E-state index is 13.3. The average molecular weight is 353 g/mol. The highest BCUT2D eigenvalue weighted by molar-refractivity contribution is 6.11. The Morgan fingerprint density at radius 2 is 1.92 bits per heavy atom. The monoisotopic (exact) mass is 353 g/mol. The summed E-state index contributed by atoms with van der Waals surface area (Å²) in [5.41, 5.74) is 8.79. The number of halogens is 3. The fraction of sp³-hybridized carbons (Fsp3) is 0.312. The molecule has 0 bridgehead atoms. The molecule has 134 valence electrons. The lowest BCUT2D eigenvalue weighted by molar-refractivity contribution is -0.138. The fourth-order valence-electron chi connectivity index (χ4n) is 2.01. The molecule has 6 nitrogen and oxygen atoms in total. The summed E-state index contributed by atoms with van der Waals surface area (Å²) >= 11 is 0. The molecule has 25 heavy (non-hydrogen) atoms. The highest BCUT2D eigenvalue weighted by Gasteiger charge is 2.37. The summed E-state index contributed by atoms with van der Waals surface area (Å²) in [7, 11) is 0. The van der Waals surface area contributed by atoms with Crippen LogP contribution in [0.1, 0.15) is 35.5 Å². The minimum atomic E-state index is -4.74. The molecule has 9 heteroatoms. The van der Waals surface area contributed by atoms with Gasteiger partial charge in [-0.3, -0.25) is 4.79 Å². The molecule has 0 atom stereocenters. The molecule has 0 amide bonds. The maximum atomic E-state index is 13.3. The summed E-state index contributed by atoms with van der Waals surface area (Å²) in [6.07, 6.45) is -3.40. The number of alkyl halides is 3. The van der Waals surface area contributed by atoms with Crippen molar-refractivity contribution in [3.05, 3.63) is 47.3 Å². The first-order valence-electron chi connectivity index (χ1n) is 7.35. The van der Waals surface area contributed by atoms with Gasteiger partial charge in [-0.25, -0.2) is 9.97 Å². The van der Waals surface area contributed by atoms with Crippen LogP contribution in [-0.4, -0.2) is 27.8 Å². The molecule has 0 saturated carbocycles. The number of hydrogen-bond donors (Lipinski definition) is 3. The van der Waals surface area contributed by atoms with Gasteiger partial charge in [0.15, 0.2) is 0 Å². The summed E-state index contributed by atoms with van der Waals surface area (Å²) in [6, 6.07) is 4.67. The molecular formula is C16H18F3N5O. The number of nitrogens with one attached hydrogen (secondary N) is 1. The zero-order chi connectivity index (χ0) is 18.8. The third kappa shape index (κ3) is 4.66. The Hall–Kier alpha value is -2.68. The van der Waals surface area contributed by atoms with E-state index in [9.17, 15) is 18.0 Å². The summed E-state index contributed by atoms with van der Waals surface area (Å²) in [5, 5.41) is 2.82. The molecule has 0 aliphatic heterocycles. The average Bonchev–Trinajstić information content (AvgIpc) is 2.51. The molecule has 0 saturated heterocycles. The number of nitrogens with zero attached hydrogens (tertiary/aromatic N) is 2. The van der Waals surface area contributed by atoms with Crippen molar-refractivity contribution in [1.82, 2.24) is 9.97 Å². The number of aromatic nitrogens is 2. The van der Waals surface area contributed by atoms with Crippen molar-refractivity contribution in [3.8, 4) is 0 Å². The van der Waals surface area contributed by atoms with Crippen LogP contribution < -0.4 is 16.8 Å². The van der Waals surface area contributed by atoms with Gasteiger partial charge in [-0.05, 0) is 38.1 Å². The van der Waals surface area contributed by atoms with Gasteiger partial charge in [-0.15, -0.1) is 0 Å². The van der Waals surface area contributed by atoms with Gasteiger partial charge in [-0.1, -0.05) is 0 Å². The number of nitrogens with two attached hydrogens (primary N) is 2. The number of nitrogen functional groups attached to an aromatic ring is 1. The topological polar surface area (TPSA) is 107 Å². The number of carbonyl (C=O) groups excluding carboxylic acids is 1. The second kappa shape index (κ2) is 6.67. The Morgan fingerprint density at radius 1 is 1.24 bits per heavy atom. The van der Waals surface area contributed by atoms with Crippen molar-refractivity contribution in [2.45, 2.75) is 25.6 Å². The predicted octanol–water partition coefficient (Wildman–Crippen LogP) is 2.46. The van der Waals surface area contributed by atoms with Crippen molar-refractivity contribution < 1.29 is 18.0 Å². The molecule has 2 heterocycles. The van der Waals surface area contributed by atoms with Gasteiger partial charge < -0.3 is 16.8 Å². The highest BCUT2D eigenvalue weighted by atomic mass is 19.4. The van der Waals surface area contributed by atoms with Crippen molar-refractivity contribution >= 4 is 17.4 Å². The fourth-order valence-corrected chi connectivity index (χ4v) is 2.01. The molecule has 0 aromatic carbocycles. The number of anilines is 2. The van der Waals surface area contributed by atoms with Crippen LogP contribution in [0.3, 0.4) is 0 Å². The molecule has 2 rings (SSSR count). The van der Waals surface area contributed by atoms with E-state index < -0.39 is 28.8 Å². The first-order valence-corrected chi connectivity index (χ1v) is 7.35. The molecule has 0 spiro atoms. The number of ketones is 1. The van der Waals surface area contributed by atoms with E-state index in [1.807, 2.05) is 0 Å². The number of hydrogen-bond acceptors (Lipinski definition) is 6. The largest absolute Gasteiger partial charge is 0.418 e. The van der Waals surface area contributed by atoms with E-state index in [4.69, 9.17) is 11.5 Å². The second-order valence-electron chi connectivity index (χ2n) is 6.20. The quantitative estimate of drug-likeness (QED) is 0.713. The predicted molar refractivity (Wildman–Crippen MR) is 88.1 cm³/mol. The summed E-state index contributed by atoms with van der Waals surface area (Å²) in [5.74, 6) is -1.00. The van der Waals surface area contributed by atoms with E-state index in [-0.39, 0.29) is 23.7 Å². The van der Waals surface area contributed by atoms with Gasteiger partial charge in [-0.2, -0.15) is 13.2 Å². The van der Waals surface area contributed by atoms with Crippen LogP contribution >= 0.6 is 0 Å². The van der Waals surface area contributed by atoms with E-state index in [1.165, 1.54) is 18.3 Å². The number of carbonyl (C=O) groups is 1. The Balaban J connectivity index is 2.49. The molecule has 0 fully saturated rings. The van der Waals surface area contributed by atoms with Crippen LogP contribution in [0.5, 0.6) is 0 Å². The Kier molecular flexibility index (Phi) is 4.98. The van der Waals surface area contributed by atoms with Crippen molar-refractivity contribution in [3.63, 3.8) is 0 Å². The van der Waals surface area contributed by atoms with E-state index in [1.54, 1.807) is 13.8 Å². The van der Waals surface area contributed by atoms with Gasteiger partial charge in [0.25, 0.3) is 0 Å². The highest BCUT2D eigenvalue weighted by Crippen LogP contribution is 2.33. The van der Waals surface area contributed by atoms with Gasteiger partial charge in [0, 0.05) is 18.3 Å². The standard InChI is InChI=1S/C16H18F3N5O/c1-15(2,21)8-23-11-6-5-10(16(17,18)19)12(24-11)13(25)9-4-3-7-22-14(9)20/h3-7H,8,21H2,1-2H3,(H2,20,22)(H,23,24). The molecule has 0 unspecified atom stereocenters. The molecule has 0 aliphatic rings. The Bertz CT molecular complexity index is 784. The number of rotatable bonds is 5. The Morgan fingerprint density at radius 3 is 2.48 bits per heavy atom. The molecular weight excluding hydrogens is 335 g/mol. The van der Waals surface area contributed by atoms with Gasteiger partial charge in [0.1, 0.15) is 17.3 Å². The van der Waals surface area contributed by atoms with Crippen LogP contribution in [0.2, 0.25) is 0 Å². The second-order valence-corrected chi connectivity index (χ2v) is 6.20. The SMILES string of the molecule is CC(C)(N)CNc1ccc(C(F)(F)F)c(C(=O)c2cccnc2N)n1. The first kappa shape index (κ1) is 18.7. The minimum Gasteiger partial charge on any atom is -0.383 e. The molecule has 2 aromatic heterocycles. The lowest BCUT2D eigenvalue weighted by Crippen LogP contribution is -2.39. The Labute approximate surface area is 142 Å². The maximum Gasteiger partial charge on any atom is 0.418 e. The first-order chi connectivity index (χ1) is 11.5. The van der Waals surface area contributed by atoms with Crippen molar-refractivity contribution in [2.75, 3.05) is 17.6 Å². The summed E-state index contributed by atoms with van der Waals surface area (Å²) in [4.78, 5) is 20.1. The lowest BCUT2D eigenvalue weighted by Gasteiger charge is -2.20. The van der Waals surface area contributed by atoms with Crippen molar-refractivity contribution in [2.24, 2.45) is 5.73 Å².